The maximum atomic E-state index is 12.0. The molecule has 0 atom stereocenters. The van der Waals surface area contributed by atoms with Gasteiger partial charge in [-0.25, -0.2) is 4.98 Å². The van der Waals surface area contributed by atoms with Crippen molar-refractivity contribution in [2.45, 2.75) is 53.9 Å². The van der Waals surface area contributed by atoms with Crippen LogP contribution in [0.4, 0.5) is 0 Å². The Balaban J connectivity index is 2.72. The second-order valence-corrected chi connectivity index (χ2v) is 6.49. The summed E-state index contributed by atoms with van der Waals surface area (Å²) in [5.74, 6) is 0.724. The van der Waals surface area contributed by atoms with E-state index in [0.29, 0.717) is 18.0 Å². The fourth-order valence-corrected chi connectivity index (χ4v) is 1.67. The molecule has 0 N–H and O–H groups in total. The summed E-state index contributed by atoms with van der Waals surface area (Å²) >= 11 is 0. The molecule has 0 unspecified atom stereocenters. The number of carbonyl (C=O) groups excluding carboxylic acids is 1. The maximum absolute atomic E-state index is 12.0. The number of nitrogens with zero attached hydrogens (tertiary/aromatic N) is 2. The van der Waals surface area contributed by atoms with Gasteiger partial charge in [0.25, 0.3) is 0 Å². The lowest BCUT2D eigenvalue weighted by atomic mass is 9.89. The zero-order valence-corrected chi connectivity index (χ0v) is 12.2. The van der Waals surface area contributed by atoms with Gasteiger partial charge in [-0.05, 0) is 24.2 Å². The fraction of sp³-hybridized carbons (Fsp3) is 0.667. The van der Waals surface area contributed by atoms with Gasteiger partial charge in [0.05, 0.1) is 11.9 Å². The molecule has 0 bridgehead atoms. The van der Waals surface area contributed by atoms with E-state index in [1.165, 1.54) is 0 Å². The summed E-state index contributed by atoms with van der Waals surface area (Å²) in [6, 6.07) is 0. The zero-order valence-electron chi connectivity index (χ0n) is 12.2. The summed E-state index contributed by atoms with van der Waals surface area (Å²) in [6.07, 6.45) is 5.81. The molecule has 0 aliphatic carbocycles. The monoisotopic (exact) mass is 248 g/mol. The molecule has 3 nitrogen and oxygen atoms in total. The van der Waals surface area contributed by atoms with Crippen molar-refractivity contribution in [3.05, 3.63) is 23.8 Å². The first kappa shape index (κ1) is 14.8. The minimum Gasteiger partial charge on any atom is -0.292 e. The van der Waals surface area contributed by atoms with E-state index in [1.807, 2.05) is 0 Å². The van der Waals surface area contributed by atoms with Gasteiger partial charge in [-0.1, -0.05) is 34.6 Å². The second-order valence-electron chi connectivity index (χ2n) is 6.49. The minimum absolute atomic E-state index is 0.00724. The normalized spacial score (nSPS) is 11.9. The molecule has 0 spiro atoms. The number of aryl methyl sites for hydroxylation is 1. The SMILES string of the molecule is CC(C)CCc1cncc(C(=O)CC(C)(C)C)n1. The highest BCUT2D eigenvalue weighted by atomic mass is 16.1. The van der Waals surface area contributed by atoms with Crippen LogP contribution in [0.3, 0.4) is 0 Å². The number of hydrogen-bond acceptors (Lipinski definition) is 3. The predicted octanol–water partition coefficient (Wildman–Crippen LogP) is 3.68. The molecule has 0 aliphatic rings. The van der Waals surface area contributed by atoms with Gasteiger partial charge < -0.3 is 0 Å². The summed E-state index contributed by atoms with van der Waals surface area (Å²) in [4.78, 5) is 20.6. The molecule has 3 heteroatoms. The van der Waals surface area contributed by atoms with Crippen molar-refractivity contribution >= 4 is 5.78 Å². The average molecular weight is 248 g/mol. The van der Waals surface area contributed by atoms with Gasteiger partial charge in [0.2, 0.25) is 0 Å². The Labute approximate surface area is 110 Å². The van der Waals surface area contributed by atoms with Crippen molar-refractivity contribution in [1.29, 1.82) is 0 Å². The van der Waals surface area contributed by atoms with Crippen LogP contribution in [0.5, 0.6) is 0 Å². The molecule has 0 saturated heterocycles. The van der Waals surface area contributed by atoms with E-state index in [2.05, 4.69) is 44.6 Å². The Morgan fingerprint density at radius 1 is 1.28 bits per heavy atom. The fourth-order valence-electron chi connectivity index (χ4n) is 1.67. The number of rotatable bonds is 5. The van der Waals surface area contributed by atoms with Gasteiger partial charge in [0.15, 0.2) is 5.78 Å². The highest BCUT2D eigenvalue weighted by molar-refractivity contribution is 5.94. The van der Waals surface area contributed by atoms with Gasteiger partial charge in [0.1, 0.15) is 5.69 Å². The molecule has 0 aromatic carbocycles. The number of aromatic nitrogens is 2. The van der Waals surface area contributed by atoms with Crippen molar-refractivity contribution in [2.75, 3.05) is 0 Å². The summed E-state index contributed by atoms with van der Waals surface area (Å²) in [7, 11) is 0. The van der Waals surface area contributed by atoms with Crippen molar-refractivity contribution in [3.63, 3.8) is 0 Å². The highest BCUT2D eigenvalue weighted by Gasteiger charge is 2.18. The number of hydrogen-bond donors (Lipinski definition) is 0. The van der Waals surface area contributed by atoms with Crippen molar-refractivity contribution < 1.29 is 4.79 Å². The van der Waals surface area contributed by atoms with Crippen LogP contribution >= 0.6 is 0 Å². The molecular weight excluding hydrogens is 224 g/mol. The van der Waals surface area contributed by atoms with Crippen LogP contribution in [0.1, 0.15) is 63.6 Å². The Morgan fingerprint density at radius 3 is 2.50 bits per heavy atom. The van der Waals surface area contributed by atoms with Crippen LogP contribution in [-0.4, -0.2) is 15.8 Å². The quantitative estimate of drug-likeness (QED) is 0.746. The second kappa shape index (κ2) is 6.07. The van der Waals surface area contributed by atoms with Crippen molar-refractivity contribution in [1.82, 2.24) is 9.97 Å². The van der Waals surface area contributed by atoms with Crippen LogP contribution < -0.4 is 0 Å². The maximum Gasteiger partial charge on any atom is 0.183 e. The van der Waals surface area contributed by atoms with E-state index >= 15 is 0 Å². The van der Waals surface area contributed by atoms with E-state index in [9.17, 15) is 4.79 Å². The van der Waals surface area contributed by atoms with Gasteiger partial charge in [-0.3, -0.25) is 9.78 Å². The number of carbonyl (C=O) groups is 1. The topological polar surface area (TPSA) is 42.9 Å². The lowest BCUT2D eigenvalue weighted by molar-refractivity contribution is 0.0934. The molecule has 18 heavy (non-hydrogen) atoms. The van der Waals surface area contributed by atoms with Crippen LogP contribution in [0, 0.1) is 11.3 Å². The standard InChI is InChI=1S/C15H24N2O/c1-11(2)6-7-12-9-16-10-13(17-12)14(18)8-15(3,4)5/h9-11H,6-8H2,1-5H3. The minimum atomic E-state index is -0.00724. The number of Topliss-reactive ketones (excluding diaryl/α,β-unsaturated/α-hetero) is 1. The first-order chi connectivity index (χ1) is 8.28. The van der Waals surface area contributed by atoms with E-state index < -0.39 is 0 Å². The molecule has 0 saturated carbocycles. The summed E-state index contributed by atoms with van der Waals surface area (Å²) in [5, 5.41) is 0. The van der Waals surface area contributed by atoms with Gasteiger partial charge in [-0.15, -0.1) is 0 Å². The van der Waals surface area contributed by atoms with Crippen LogP contribution in [-0.2, 0) is 6.42 Å². The third-order valence-corrected chi connectivity index (χ3v) is 2.64. The third-order valence-electron chi connectivity index (χ3n) is 2.64. The smallest absolute Gasteiger partial charge is 0.183 e. The molecule has 100 valence electrons. The molecule has 1 aromatic rings. The van der Waals surface area contributed by atoms with Crippen LogP contribution in [0.25, 0.3) is 0 Å². The van der Waals surface area contributed by atoms with E-state index in [-0.39, 0.29) is 11.2 Å². The van der Waals surface area contributed by atoms with Gasteiger partial charge >= 0.3 is 0 Å². The molecule has 1 aromatic heterocycles. The predicted molar refractivity (Wildman–Crippen MR) is 73.6 cm³/mol. The van der Waals surface area contributed by atoms with Crippen LogP contribution in [0.2, 0.25) is 0 Å². The first-order valence-corrected chi connectivity index (χ1v) is 6.62. The molecule has 0 fully saturated rings. The van der Waals surface area contributed by atoms with Crippen molar-refractivity contribution in [2.24, 2.45) is 11.3 Å². The van der Waals surface area contributed by atoms with Gasteiger partial charge in [-0.2, -0.15) is 0 Å². The summed E-state index contributed by atoms with van der Waals surface area (Å²) in [5.41, 5.74) is 1.42. The van der Waals surface area contributed by atoms with Crippen molar-refractivity contribution in [3.8, 4) is 0 Å². The average Bonchev–Trinajstić information content (AvgIpc) is 2.24. The molecule has 1 rings (SSSR count). The molecule has 0 radical (unpaired) electrons. The Hall–Kier alpha value is -1.25. The van der Waals surface area contributed by atoms with E-state index in [1.54, 1.807) is 12.4 Å². The number of ketones is 1. The lowest BCUT2D eigenvalue weighted by Gasteiger charge is -2.16. The Bertz CT molecular complexity index is 405. The van der Waals surface area contributed by atoms with E-state index in [0.717, 1.165) is 18.5 Å². The molecular formula is C15H24N2O. The largest absolute Gasteiger partial charge is 0.292 e. The molecule has 0 aliphatic heterocycles. The summed E-state index contributed by atoms with van der Waals surface area (Å²) in [6.45, 7) is 10.5. The van der Waals surface area contributed by atoms with Gasteiger partial charge in [0, 0.05) is 12.6 Å². The zero-order chi connectivity index (χ0) is 13.8. The third kappa shape index (κ3) is 5.39. The van der Waals surface area contributed by atoms with Crippen LogP contribution in [0.15, 0.2) is 12.4 Å². The first-order valence-electron chi connectivity index (χ1n) is 6.62. The lowest BCUT2D eigenvalue weighted by Crippen LogP contribution is -2.15. The molecule has 0 amide bonds. The Morgan fingerprint density at radius 2 is 1.94 bits per heavy atom. The Kier molecular flexibility index (Phi) is 5.00. The highest BCUT2D eigenvalue weighted by Crippen LogP contribution is 2.20. The molecule has 1 heterocycles. The summed E-state index contributed by atoms with van der Waals surface area (Å²) < 4.78 is 0. The van der Waals surface area contributed by atoms with E-state index in [4.69, 9.17) is 0 Å².